The van der Waals surface area contributed by atoms with Crippen LogP contribution in [0, 0.1) is 0 Å². The molecule has 0 aliphatic heterocycles. The molecule has 0 atom stereocenters. The van der Waals surface area contributed by atoms with Gasteiger partial charge in [0.05, 0.1) is 24.8 Å². The van der Waals surface area contributed by atoms with E-state index in [4.69, 9.17) is 15.2 Å². The number of aromatic nitrogens is 1. The number of hydrogen-bond donors (Lipinski definition) is 1. The summed E-state index contributed by atoms with van der Waals surface area (Å²) in [7, 11) is 3.22. The van der Waals surface area contributed by atoms with Gasteiger partial charge in [-0.25, -0.2) is 4.98 Å². The summed E-state index contributed by atoms with van der Waals surface area (Å²) in [5, 5.41) is 0.707. The predicted molar refractivity (Wildman–Crippen MR) is 72.3 cm³/mol. The Morgan fingerprint density at radius 2 is 1.83 bits per heavy atom. The van der Waals surface area contributed by atoms with Gasteiger partial charge >= 0.3 is 0 Å². The van der Waals surface area contributed by atoms with E-state index in [-0.39, 0.29) is 0 Å². The fourth-order valence-electron chi connectivity index (χ4n) is 1.44. The lowest BCUT2D eigenvalue weighted by atomic mass is 10.3. The van der Waals surface area contributed by atoms with Gasteiger partial charge in [0.1, 0.15) is 10.8 Å². The van der Waals surface area contributed by atoms with Crippen molar-refractivity contribution < 1.29 is 9.47 Å². The van der Waals surface area contributed by atoms with Crippen LogP contribution in [0.5, 0.6) is 11.6 Å². The lowest BCUT2D eigenvalue weighted by Gasteiger charge is -2.09. The maximum Gasteiger partial charge on any atom is 0.214 e. The van der Waals surface area contributed by atoms with Gasteiger partial charge in [0.25, 0.3) is 0 Å². The van der Waals surface area contributed by atoms with Crippen LogP contribution in [0.4, 0.5) is 5.69 Å². The number of nitrogens with zero attached hydrogens (tertiary/aromatic N) is 1. The molecule has 1 aromatic heterocycles. The van der Waals surface area contributed by atoms with E-state index in [9.17, 15) is 0 Å². The van der Waals surface area contributed by atoms with Crippen molar-refractivity contribution in [2.24, 2.45) is 0 Å². The van der Waals surface area contributed by atoms with Crippen LogP contribution in [0.3, 0.4) is 0 Å². The molecule has 0 amide bonds. The molecular formula is C13H14N2O2S. The second-order valence-corrected chi connectivity index (χ2v) is 4.53. The Morgan fingerprint density at radius 3 is 2.56 bits per heavy atom. The topological polar surface area (TPSA) is 57.4 Å². The highest BCUT2D eigenvalue weighted by atomic mass is 32.2. The first-order chi connectivity index (χ1) is 8.74. The molecule has 18 heavy (non-hydrogen) atoms. The molecule has 0 bridgehead atoms. The lowest BCUT2D eigenvalue weighted by Crippen LogP contribution is -1.95. The quantitative estimate of drug-likeness (QED) is 0.918. The van der Waals surface area contributed by atoms with Crippen molar-refractivity contribution in [2.45, 2.75) is 9.92 Å². The number of methoxy groups -OCH3 is 2. The van der Waals surface area contributed by atoms with E-state index in [1.807, 2.05) is 24.3 Å². The number of anilines is 1. The van der Waals surface area contributed by atoms with Crippen molar-refractivity contribution in [1.29, 1.82) is 0 Å². The monoisotopic (exact) mass is 262 g/mol. The van der Waals surface area contributed by atoms with E-state index >= 15 is 0 Å². The van der Waals surface area contributed by atoms with Crippen LogP contribution in [0.15, 0.2) is 46.3 Å². The molecule has 4 nitrogen and oxygen atoms in total. The standard InChI is InChI=1S/C13H14N2O2S/c1-16-10-5-3-4-6-11(10)18-13-9(14)7-8-12(15-13)17-2/h3-8H,14H2,1-2H3. The number of nitrogen functional groups attached to an aromatic ring is 1. The Labute approximate surface area is 110 Å². The third kappa shape index (κ3) is 2.68. The first-order valence-electron chi connectivity index (χ1n) is 5.36. The second kappa shape index (κ2) is 5.64. The third-order valence-corrected chi connectivity index (χ3v) is 3.43. The summed E-state index contributed by atoms with van der Waals surface area (Å²) >= 11 is 1.45. The van der Waals surface area contributed by atoms with E-state index in [0.29, 0.717) is 16.6 Å². The smallest absolute Gasteiger partial charge is 0.214 e. The van der Waals surface area contributed by atoms with Crippen molar-refractivity contribution in [3.8, 4) is 11.6 Å². The van der Waals surface area contributed by atoms with E-state index in [2.05, 4.69) is 4.98 Å². The van der Waals surface area contributed by atoms with E-state index in [0.717, 1.165) is 10.6 Å². The maximum absolute atomic E-state index is 5.90. The molecule has 0 aliphatic rings. The molecule has 94 valence electrons. The molecule has 0 unspecified atom stereocenters. The van der Waals surface area contributed by atoms with Gasteiger partial charge in [-0.2, -0.15) is 0 Å². The summed E-state index contributed by atoms with van der Waals surface area (Å²) in [6.45, 7) is 0. The number of nitrogens with two attached hydrogens (primary N) is 1. The molecule has 2 rings (SSSR count). The van der Waals surface area contributed by atoms with Gasteiger partial charge in [-0.15, -0.1) is 0 Å². The lowest BCUT2D eigenvalue weighted by molar-refractivity contribution is 0.394. The Balaban J connectivity index is 2.33. The van der Waals surface area contributed by atoms with Crippen molar-refractivity contribution >= 4 is 17.4 Å². The van der Waals surface area contributed by atoms with Crippen molar-refractivity contribution in [2.75, 3.05) is 20.0 Å². The second-order valence-electron chi connectivity index (χ2n) is 3.50. The van der Waals surface area contributed by atoms with Gasteiger partial charge in [-0.1, -0.05) is 23.9 Å². The van der Waals surface area contributed by atoms with Crippen LogP contribution in [-0.4, -0.2) is 19.2 Å². The maximum atomic E-state index is 5.90. The molecule has 0 saturated heterocycles. The number of ether oxygens (including phenoxy) is 2. The fraction of sp³-hybridized carbons (Fsp3) is 0.154. The molecule has 2 N–H and O–H groups in total. The van der Waals surface area contributed by atoms with Gasteiger partial charge < -0.3 is 15.2 Å². The van der Waals surface area contributed by atoms with E-state index in [1.165, 1.54) is 11.8 Å². The van der Waals surface area contributed by atoms with Crippen molar-refractivity contribution in [3.05, 3.63) is 36.4 Å². The molecule has 0 aliphatic carbocycles. The Morgan fingerprint density at radius 1 is 1.06 bits per heavy atom. The van der Waals surface area contributed by atoms with Crippen LogP contribution in [0.25, 0.3) is 0 Å². The highest BCUT2D eigenvalue weighted by Gasteiger charge is 2.09. The summed E-state index contributed by atoms with van der Waals surface area (Å²) in [6.07, 6.45) is 0. The first kappa shape index (κ1) is 12.6. The average molecular weight is 262 g/mol. The largest absolute Gasteiger partial charge is 0.496 e. The molecule has 1 heterocycles. The predicted octanol–water partition coefficient (Wildman–Crippen LogP) is 2.83. The minimum atomic E-state index is 0.543. The average Bonchev–Trinajstić information content (AvgIpc) is 2.42. The van der Waals surface area contributed by atoms with Crippen molar-refractivity contribution in [1.82, 2.24) is 4.98 Å². The fourth-order valence-corrected chi connectivity index (χ4v) is 2.37. The summed E-state index contributed by atoms with van der Waals surface area (Å²) in [6, 6.07) is 11.3. The Bertz CT molecular complexity index is 546. The highest BCUT2D eigenvalue weighted by Crippen LogP contribution is 2.36. The zero-order chi connectivity index (χ0) is 13.0. The zero-order valence-corrected chi connectivity index (χ0v) is 11.0. The normalized spacial score (nSPS) is 10.1. The number of rotatable bonds is 4. The summed E-state index contributed by atoms with van der Waals surface area (Å²) in [4.78, 5) is 5.29. The summed E-state index contributed by atoms with van der Waals surface area (Å²) in [5.41, 5.74) is 6.52. The molecular weight excluding hydrogens is 248 g/mol. The molecule has 0 fully saturated rings. The van der Waals surface area contributed by atoms with Crippen LogP contribution < -0.4 is 15.2 Å². The van der Waals surface area contributed by atoms with Gasteiger partial charge in [0.2, 0.25) is 5.88 Å². The van der Waals surface area contributed by atoms with Crippen LogP contribution >= 0.6 is 11.8 Å². The van der Waals surface area contributed by atoms with Crippen LogP contribution in [0.2, 0.25) is 0 Å². The third-order valence-electron chi connectivity index (χ3n) is 2.35. The summed E-state index contributed by atoms with van der Waals surface area (Å²) in [5.74, 6) is 1.34. The SMILES string of the molecule is COc1ccc(N)c(Sc2ccccc2OC)n1. The minimum Gasteiger partial charge on any atom is -0.496 e. The first-order valence-corrected chi connectivity index (χ1v) is 6.17. The zero-order valence-electron chi connectivity index (χ0n) is 10.2. The Hall–Kier alpha value is -1.88. The number of pyridine rings is 1. The molecule has 5 heteroatoms. The van der Waals surface area contributed by atoms with Gasteiger partial charge in [-0.3, -0.25) is 0 Å². The molecule has 2 aromatic rings. The highest BCUT2D eigenvalue weighted by molar-refractivity contribution is 7.99. The van der Waals surface area contributed by atoms with Crippen molar-refractivity contribution in [3.63, 3.8) is 0 Å². The number of benzene rings is 1. The van der Waals surface area contributed by atoms with E-state index < -0.39 is 0 Å². The van der Waals surface area contributed by atoms with E-state index in [1.54, 1.807) is 26.4 Å². The van der Waals surface area contributed by atoms with Crippen LogP contribution in [0.1, 0.15) is 0 Å². The number of para-hydroxylation sites is 1. The van der Waals surface area contributed by atoms with Gasteiger partial charge in [0.15, 0.2) is 0 Å². The minimum absolute atomic E-state index is 0.543. The molecule has 0 saturated carbocycles. The molecule has 0 radical (unpaired) electrons. The Kier molecular flexibility index (Phi) is 3.94. The molecule has 1 aromatic carbocycles. The van der Waals surface area contributed by atoms with Crippen LogP contribution in [-0.2, 0) is 0 Å². The molecule has 0 spiro atoms. The van der Waals surface area contributed by atoms with Gasteiger partial charge in [0, 0.05) is 6.07 Å². The number of hydrogen-bond acceptors (Lipinski definition) is 5. The summed E-state index contributed by atoms with van der Waals surface area (Å²) < 4.78 is 10.4. The van der Waals surface area contributed by atoms with Gasteiger partial charge in [-0.05, 0) is 18.2 Å².